The van der Waals surface area contributed by atoms with Crippen LogP contribution in [-0.2, 0) is 14.9 Å². The molecule has 0 bridgehead atoms. The Morgan fingerprint density at radius 3 is 1.84 bits per heavy atom. The van der Waals surface area contributed by atoms with E-state index in [0.717, 1.165) is 6.26 Å². The molecule has 0 aliphatic heterocycles. The maximum atomic E-state index is 11.5. The van der Waals surface area contributed by atoms with Crippen LogP contribution in [-0.4, -0.2) is 42.0 Å². The van der Waals surface area contributed by atoms with Crippen molar-refractivity contribution in [2.45, 2.75) is 0 Å². The number of benzene rings is 1. The molecule has 0 spiro atoms. The summed E-state index contributed by atoms with van der Waals surface area (Å²) >= 11 is 0. The van der Waals surface area contributed by atoms with Crippen molar-refractivity contribution in [2.24, 2.45) is 0 Å². The van der Waals surface area contributed by atoms with Gasteiger partial charge in [-0.1, -0.05) is 0 Å². The number of rotatable bonds is 5. The molecule has 0 amide bonds. The molecular weight excluding hydrogens is 276 g/mol. The third-order valence-electron chi connectivity index (χ3n) is 2.12. The topological polar surface area (TPSA) is 88.1 Å². The minimum atomic E-state index is -3.76. The van der Waals surface area contributed by atoms with Gasteiger partial charge in [0.25, 0.3) is 0 Å². The zero-order chi connectivity index (χ0) is 14.6. The van der Waals surface area contributed by atoms with Crippen molar-refractivity contribution in [1.29, 1.82) is 0 Å². The van der Waals surface area contributed by atoms with Crippen LogP contribution >= 0.6 is 0 Å². The molecule has 0 atom stereocenters. The van der Waals surface area contributed by atoms with E-state index in [0.29, 0.717) is 0 Å². The molecule has 7 nitrogen and oxygen atoms in total. The molecule has 0 N–H and O–H groups in total. The van der Waals surface area contributed by atoms with Gasteiger partial charge in [0, 0.05) is 0 Å². The third-order valence-corrected chi connectivity index (χ3v) is 2.59. The van der Waals surface area contributed by atoms with Crippen LogP contribution < -0.4 is 13.7 Å². The summed E-state index contributed by atoms with van der Waals surface area (Å²) in [5.74, 6) is -0.641. The smallest absolute Gasteiger partial charge is 0.338 e. The predicted octanol–water partition coefficient (Wildman–Crippen LogP) is 0.829. The Hall–Kier alpha value is -1.96. The molecule has 106 valence electrons. The highest BCUT2D eigenvalue weighted by Gasteiger charge is 2.21. The second kappa shape index (κ2) is 5.79. The molecule has 19 heavy (non-hydrogen) atoms. The molecule has 1 aromatic rings. The zero-order valence-electron chi connectivity index (χ0n) is 10.9. The lowest BCUT2D eigenvalue weighted by Gasteiger charge is -2.14. The van der Waals surface area contributed by atoms with Crippen LogP contribution in [0.5, 0.6) is 17.2 Å². The highest BCUT2D eigenvalue weighted by Crippen LogP contribution is 2.39. The second-order valence-corrected chi connectivity index (χ2v) is 5.06. The van der Waals surface area contributed by atoms with Crippen molar-refractivity contribution < 1.29 is 31.6 Å². The van der Waals surface area contributed by atoms with Crippen LogP contribution in [0.15, 0.2) is 12.1 Å². The Bertz CT molecular complexity index is 552. The maximum absolute atomic E-state index is 11.5. The van der Waals surface area contributed by atoms with Gasteiger partial charge in [-0.15, -0.1) is 0 Å². The lowest BCUT2D eigenvalue weighted by Crippen LogP contribution is -2.09. The molecule has 0 unspecified atom stereocenters. The molecule has 0 heterocycles. The first-order valence-corrected chi connectivity index (χ1v) is 6.87. The van der Waals surface area contributed by atoms with E-state index in [-0.39, 0.29) is 22.8 Å². The standard InChI is InChI=1S/C11H14O7S/c1-15-8-5-7(11(12)17-3)6-9(16-2)10(8)18-19(4,13)14/h5-6H,1-4H3. The summed E-state index contributed by atoms with van der Waals surface area (Å²) in [6.07, 6.45) is 0.889. The van der Waals surface area contributed by atoms with Crippen molar-refractivity contribution in [1.82, 2.24) is 0 Å². The normalized spacial score (nSPS) is 10.7. The Morgan fingerprint density at radius 2 is 1.53 bits per heavy atom. The molecule has 8 heteroatoms. The molecule has 0 radical (unpaired) electrons. The number of carbonyl (C=O) groups excluding carboxylic acids is 1. The van der Waals surface area contributed by atoms with Crippen LogP contribution in [0.25, 0.3) is 0 Å². The van der Waals surface area contributed by atoms with Gasteiger partial charge in [-0.05, 0) is 12.1 Å². The predicted molar refractivity (Wildman–Crippen MR) is 66.4 cm³/mol. The molecule has 0 fully saturated rings. The fourth-order valence-corrected chi connectivity index (χ4v) is 1.82. The van der Waals surface area contributed by atoms with Gasteiger partial charge in [0.2, 0.25) is 5.75 Å². The quantitative estimate of drug-likeness (QED) is 0.586. The van der Waals surface area contributed by atoms with E-state index >= 15 is 0 Å². The van der Waals surface area contributed by atoms with Gasteiger partial charge in [-0.25, -0.2) is 4.79 Å². The Kier molecular flexibility index (Phi) is 4.60. The van der Waals surface area contributed by atoms with Gasteiger partial charge >= 0.3 is 16.1 Å². The third kappa shape index (κ3) is 3.75. The number of carbonyl (C=O) groups is 1. The summed E-state index contributed by atoms with van der Waals surface area (Å²) in [6.45, 7) is 0. The van der Waals surface area contributed by atoms with Crippen molar-refractivity contribution >= 4 is 16.1 Å². The zero-order valence-corrected chi connectivity index (χ0v) is 11.7. The van der Waals surface area contributed by atoms with Gasteiger partial charge in [0.1, 0.15) is 0 Å². The molecule has 0 saturated carbocycles. The first-order chi connectivity index (χ1) is 8.82. The van der Waals surface area contributed by atoms with E-state index < -0.39 is 16.1 Å². The van der Waals surface area contributed by atoms with Crippen LogP contribution in [0.1, 0.15) is 10.4 Å². The van der Waals surface area contributed by atoms with Crippen LogP contribution in [0.3, 0.4) is 0 Å². The fourth-order valence-electron chi connectivity index (χ4n) is 1.35. The molecule has 0 aromatic heterocycles. The molecule has 0 aliphatic rings. The van der Waals surface area contributed by atoms with E-state index in [1.807, 2.05) is 0 Å². The monoisotopic (exact) mass is 290 g/mol. The molecule has 1 rings (SSSR count). The lowest BCUT2D eigenvalue weighted by molar-refractivity contribution is 0.0600. The molecule has 1 aromatic carbocycles. The van der Waals surface area contributed by atoms with Crippen molar-refractivity contribution in [3.63, 3.8) is 0 Å². The van der Waals surface area contributed by atoms with Gasteiger partial charge in [0.05, 0.1) is 33.1 Å². The Balaban J connectivity index is 3.41. The van der Waals surface area contributed by atoms with Crippen molar-refractivity contribution in [2.75, 3.05) is 27.6 Å². The summed E-state index contributed by atoms with van der Waals surface area (Å²) in [6, 6.07) is 2.60. The van der Waals surface area contributed by atoms with Crippen molar-refractivity contribution in [3.8, 4) is 17.2 Å². The number of hydrogen-bond acceptors (Lipinski definition) is 7. The van der Waals surface area contributed by atoms with Gasteiger partial charge in [0.15, 0.2) is 11.5 Å². The number of ether oxygens (including phenoxy) is 3. The largest absolute Gasteiger partial charge is 0.493 e. The second-order valence-electron chi connectivity index (χ2n) is 3.49. The van der Waals surface area contributed by atoms with E-state index in [1.165, 1.54) is 33.5 Å². The van der Waals surface area contributed by atoms with E-state index in [2.05, 4.69) is 4.74 Å². The highest BCUT2D eigenvalue weighted by molar-refractivity contribution is 7.86. The Morgan fingerprint density at radius 1 is 1.05 bits per heavy atom. The van der Waals surface area contributed by atoms with Gasteiger partial charge in [-0.2, -0.15) is 8.42 Å². The minimum Gasteiger partial charge on any atom is -0.493 e. The number of esters is 1. The Labute approximate surface area is 111 Å². The van der Waals surface area contributed by atoms with E-state index in [1.54, 1.807) is 0 Å². The van der Waals surface area contributed by atoms with Gasteiger partial charge < -0.3 is 18.4 Å². The van der Waals surface area contributed by atoms with Crippen LogP contribution in [0, 0.1) is 0 Å². The van der Waals surface area contributed by atoms with Gasteiger partial charge in [-0.3, -0.25) is 0 Å². The highest BCUT2D eigenvalue weighted by atomic mass is 32.2. The first kappa shape index (κ1) is 15.1. The van der Waals surface area contributed by atoms with E-state index in [9.17, 15) is 13.2 Å². The summed E-state index contributed by atoms with van der Waals surface area (Å²) in [4.78, 5) is 11.5. The molecule has 0 saturated heterocycles. The number of hydrogen-bond donors (Lipinski definition) is 0. The molecular formula is C11H14O7S. The van der Waals surface area contributed by atoms with Crippen molar-refractivity contribution in [3.05, 3.63) is 17.7 Å². The SMILES string of the molecule is COC(=O)c1cc(OC)c(OS(C)(=O)=O)c(OC)c1. The average molecular weight is 290 g/mol. The van der Waals surface area contributed by atoms with Crippen LogP contribution in [0.4, 0.5) is 0 Å². The summed E-state index contributed by atoms with van der Waals surface area (Å²) < 4.78 is 41.7. The minimum absolute atomic E-state index is 0.0465. The summed E-state index contributed by atoms with van der Waals surface area (Å²) in [7, 11) is 0.0882. The maximum Gasteiger partial charge on any atom is 0.338 e. The fraction of sp³-hybridized carbons (Fsp3) is 0.364. The number of methoxy groups -OCH3 is 3. The summed E-state index contributed by atoms with van der Waals surface area (Å²) in [5, 5.41) is 0. The average Bonchev–Trinajstić information content (AvgIpc) is 2.36. The van der Waals surface area contributed by atoms with Crippen LogP contribution in [0.2, 0.25) is 0 Å². The summed E-state index contributed by atoms with van der Waals surface area (Å²) in [5.41, 5.74) is 0.150. The lowest BCUT2D eigenvalue weighted by atomic mass is 10.2. The molecule has 0 aliphatic carbocycles. The van der Waals surface area contributed by atoms with E-state index in [4.69, 9.17) is 13.7 Å². The first-order valence-electron chi connectivity index (χ1n) is 5.06.